The number of carbonyl (C=O) groups is 2. The van der Waals surface area contributed by atoms with Gasteiger partial charge in [-0.05, 0) is 90.0 Å². The lowest BCUT2D eigenvalue weighted by molar-refractivity contribution is -0.143. The van der Waals surface area contributed by atoms with E-state index in [1.807, 2.05) is 30.0 Å². The molecule has 0 spiro atoms. The number of methoxy groups -OCH3 is 1. The van der Waals surface area contributed by atoms with Gasteiger partial charge in [-0.2, -0.15) is 26.3 Å². The number of nitrogens with zero attached hydrogens (tertiary/aromatic N) is 4. The van der Waals surface area contributed by atoms with Crippen molar-refractivity contribution < 1.29 is 50.5 Å². The van der Waals surface area contributed by atoms with Gasteiger partial charge in [0.25, 0.3) is 0 Å². The SMILES string of the molecule is CCc1ccc(-c2ccc(C(=O)O)cc2C)cc1-c1cnc(N2CC(OC)C2)nc1CN1C(=O)O[C@H](c2cc(C(F)(F)F)cc(C(F)(F)F)c2)[C@@H]1C. The van der Waals surface area contributed by atoms with Crippen LogP contribution in [0.5, 0.6) is 0 Å². The van der Waals surface area contributed by atoms with Gasteiger partial charge in [0.2, 0.25) is 5.95 Å². The van der Waals surface area contributed by atoms with Crippen LogP contribution in [0.3, 0.4) is 0 Å². The number of amides is 1. The minimum atomic E-state index is -5.07. The molecule has 0 unspecified atom stereocenters. The summed E-state index contributed by atoms with van der Waals surface area (Å²) in [5.41, 5.74) is 1.54. The van der Waals surface area contributed by atoms with Crippen LogP contribution in [-0.4, -0.2) is 64.4 Å². The Balaban J connectivity index is 1.41. The number of hydrogen-bond donors (Lipinski definition) is 1. The van der Waals surface area contributed by atoms with Gasteiger partial charge in [0.05, 0.1) is 41.1 Å². The van der Waals surface area contributed by atoms with Crippen molar-refractivity contribution in [3.63, 3.8) is 0 Å². The average molecular weight is 729 g/mol. The Hall–Kier alpha value is -5.18. The van der Waals surface area contributed by atoms with Crippen LogP contribution >= 0.6 is 0 Å². The lowest BCUT2D eigenvalue weighted by Gasteiger charge is -2.38. The van der Waals surface area contributed by atoms with Crippen molar-refractivity contribution in [2.24, 2.45) is 0 Å². The maximum absolute atomic E-state index is 13.7. The summed E-state index contributed by atoms with van der Waals surface area (Å²) >= 11 is 0. The summed E-state index contributed by atoms with van der Waals surface area (Å²) in [6.07, 6.45) is -10.3. The first kappa shape index (κ1) is 36.6. The van der Waals surface area contributed by atoms with Crippen molar-refractivity contribution in [3.05, 3.63) is 99.9 Å². The van der Waals surface area contributed by atoms with Crippen LogP contribution in [0, 0.1) is 6.92 Å². The maximum Gasteiger partial charge on any atom is 0.416 e. The number of aryl methyl sites for hydroxylation is 2. The average Bonchev–Trinajstić information content (AvgIpc) is 3.35. The number of aromatic nitrogens is 2. The van der Waals surface area contributed by atoms with Gasteiger partial charge >= 0.3 is 24.4 Å². The monoisotopic (exact) mass is 728 g/mol. The van der Waals surface area contributed by atoms with E-state index in [-0.39, 0.29) is 24.3 Å². The maximum atomic E-state index is 13.7. The molecule has 4 aromatic rings. The highest BCUT2D eigenvalue weighted by molar-refractivity contribution is 5.89. The molecule has 0 saturated carbocycles. The van der Waals surface area contributed by atoms with Crippen LogP contribution < -0.4 is 4.90 Å². The summed E-state index contributed by atoms with van der Waals surface area (Å²) in [6.45, 7) is 6.08. The molecule has 6 rings (SSSR count). The number of hydrogen-bond acceptors (Lipinski definition) is 7. The molecule has 0 aliphatic carbocycles. The number of alkyl halides is 6. The van der Waals surface area contributed by atoms with E-state index >= 15 is 0 Å². The van der Waals surface area contributed by atoms with Crippen LogP contribution in [0.15, 0.2) is 60.8 Å². The zero-order valence-electron chi connectivity index (χ0n) is 28.5. The molecule has 9 nitrogen and oxygen atoms in total. The molecule has 52 heavy (non-hydrogen) atoms. The number of ether oxygens (including phenoxy) is 2. The molecule has 1 N–H and O–H groups in total. The van der Waals surface area contributed by atoms with Gasteiger partial charge in [-0.25, -0.2) is 19.6 Å². The molecular formula is C37H34F6N4O5. The van der Waals surface area contributed by atoms with Crippen molar-refractivity contribution in [1.29, 1.82) is 0 Å². The standard InChI is InChI=1S/C37H34F6N4O5/c1-5-21-6-7-22(28-9-8-23(33(48)49)10-19(28)2)13-29(21)30-15-44-34(46-16-27(17-46)51-4)45-31(30)18-47-20(3)32(52-35(47)50)24-11-25(36(38,39)40)14-26(12-24)37(41,42)43/h6-15,20,27,32H,5,16-18H2,1-4H3,(H,48,49)/t20-,32-/m0/s1. The minimum absolute atomic E-state index is 0.0305. The smallest absolute Gasteiger partial charge is 0.416 e. The van der Waals surface area contributed by atoms with Crippen molar-refractivity contribution in [3.8, 4) is 22.3 Å². The second kappa shape index (κ2) is 13.7. The highest BCUT2D eigenvalue weighted by Gasteiger charge is 2.44. The van der Waals surface area contributed by atoms with Crippen molar-refractivity contribution in [2.45, 2.75) is 64.3 Å². The highest BCUT2D eigenvalue weighted by atomic mass is 19.4. The number of benzene rings is 3. The van der Waals surface area contributed by atoms with Crippen LogP contribution in [0.4, 0.5) is 37.1 Å². The van der Waals surface area contributed by atoms with E-state index in [0.717, 1.165) is 27.8 Å². The quantitative estimate of drug-likeness (QED) is 0.172. The Morgan fingerprint density at radius 1 is 0.962 bits per heavy atom. The molecule has 15 heteroatoms. The van der Waals surface area contributed by atoms with E-state index < -0.39 is 53.3 Å². The highest BCUT2D eigenvalue weighted by Crippen LogP contribution is 2.42. The molecule has 2 atom stereocenters. The van der Waals surface area contributed by atoms with Gasteiger partial charge in [0, 0.05) is 32.0 Å². The van der Waals surface area contributed by atoms with E-state index in [0.29, 0.717) is 48.8 Å². The first-order valence-corrected chi connectivity index (χ1v) is 16.4. The summed E-state index contributed by atoms with van der Waals surface area (Å²) in [7, 11) is 1.59. The molecule has 2 aliphatic heterocycles. The molecular weight excluding hydrogens is 694 g/mol. The van der Waals surface area contributed by atoms with Gasteiger partial charge < -0.3 is 19.5 Å². The molecule has 1 aromatic heterocycles. The lowest BCUT2D eigenvalue weighted by atomic mass is 9.91. The Morgan fingerprint density at radius 2 is 1.63 bits per heavy atom. The number of rotatable bonds is 9. The predicted octanol–water partition coefficient (Wildman–Crippen LogP) is 8.33. The second-order valence-electron chi connectivity index (χ2n) is 12.9. The van der Waals surface area contributed by atoms with Crippen LogP contribution in [-0.2, 0) is 34.8 Å². The van der Waals surface area contributed by atoms with Gasteiger partial charge in [0.1, 0.15) is 6.10 Å². The fourth-order valence-electron chi connectivity index (χ4n) is 6.54. The summed E-state index contributed by atoms with van der Waals surface area (Å²) < 4.78 is 93.0. The topological polar surface area (TPSA) is 105 Å². The van der Waals surface area contributed by atoms with Crippen LogP contribution in [0.25, 0.3) is 22.3 Å². The third-order valence-corrected chi connectivity index (χ3v) is 9.54. The van der Waals surface area contributed by atoms with Crippen molar-refractivity contribution in [2.75, 3.05) is 25.1 Å². The van der Waals surface area contributed by atoms with E-state index in [4.69, 9.17) is 14.5 Å². The summed E-state index contributed by atoms with van der Waals surface area (Å²) in [6, 6.07) is 10.8. The van der Waals surface area contributed by atoms with Gasteiger partial charge in [0.15, 0.2) is 0 Å². The third-order valence-electron chi connectivity index (χ3n) is 9.54. The van der Waals surface area contributed by atoms with Crippen LogP contribution in [0.1, 0.15) is 63.8 Å². The molecule has 2 aliphatic rings. The molecule has 3 heterocycles. The van der Waals surface area contributed by atoms with E-state index in [9.17, 15) is 41.0 Å². The summed E-state index contributed by atoms with van der Waals surface area (Å²) in [4.78, 5) is 37.5. The number of aromatic carboxylic acids is 1. The number of halogens is 6. The molecule has 3 aromatic carbocycles. The summed E-state index contributed by atoms with van der Waals surface area (Å²) in [5.74, 6) is -0.700. The molecule has 2 fully saturated rings. The van der Waals surface area contributed by atoms with E-state index in [1.54, 1.807) is 32.4 Å². The molecule has 1 amide bonds. The van der Waals surface area contributed by atoms with Crippen LogP contribution in [0.2, 0.25) is 0 Å². The third kappa shape index (κ3) is 7.14. The zero-order chi connectivity index (χ0) is 37.7. The number of carboxylic acid groups (broad SMARTS) is 1. The Bertz CT molecular complexity index is 2000. The van der Waals surface area contributed by atoms with Crippen molar-refractivity contribution in [1.82, 2.24) is 14.9 Å². The van der Waals surface area contributed by atoms with E-state index in [1.165, 1.54) is 17.9 Å². The predicted molar refractivity (Wildman–Crippen MR) is 178 cm³/mol. The fourth-order valence-corrected chi connectivity index (χ4v) is 6.54. The van der Waals surface area contributed by atoms with E-state index in [2.05, 4.69) is 4.98 Å². The largest absolute Gasteiger partial charge is 0.478 e. The normalized spacial score (nSPS) is 18.1. The zero-order valence-corrected chi connectivity index (χ0v) is 28.5. The number of anilines is 1. The van der Waals surface area contributed by atoms with Crippen molar-refractivity contribution >= 4 is 18.0 Å². The van der Waals surface area contributed by atoms with Gasteiger partial charge in [-0.15, -0.1) is 0 Å². The first-order valence-electron chi connectivity index (χ1n) is 16.4. The fraction of sp³-hybridized carbons (Fsp3) is 0.351. The number of cyclic esters (lactones) is 1. The Morgan fingerprint density at radius 3 is 2.21 bits per heavy atom. The minimum Gasteiger partial charge on any atom is -0.478 e. The Labute approximate surface area is 294 Å². The molecule has 0 radical (unpaired) electrons. The second-order valence-corrected chi connectivity index (χ2v) is 12.9. The first-order chi connectivity index (χ1) is 24.5. The van der Waals surface area contributed by atoms with Gasteiger partial charge in [-0.1, -0.05) is 25.1 Å². The van der Waals surface area contributed by atoms with Gasteiger partial charge in [-0.3, -0.25) is 4.90 Å². The molecule has 274 valence electrons. The molecule has 2 saturated heterocycles. The lowest BCUT2D eigenvalue weighted by Crippen LogP contribution is -2.52. The Kier molecular flexibility index (Phi) is 9.68. The summed E-state index contributed by atoms with van der Waals surface area (Å²) in [5, 5.41) is 9.45. The molecule has 0 bridgehead atoms. The number of carbonyl (C=O) groups excluding carboxylic acids is 1. The number of carboxylic acids is 1.